The zero-order valence-corrected chi connectivity index (χ0v) is 18.2. The number of benzene rings is 1. The van der Waals surface area contributed by atoms with Crippen LogP contribution in [0.5, 0.6) is 0 Å². The second-order valence-corrected chi connectivity index (χ2v) is 8.71. The van der Waals surface area contributed by atoms with E-state index in [1.54, 1.807) is 0 Å². The van der Waals surface area contributed by atoms with Gasteiger partial charge in [0.15, 0.2) is 5.96 Å². The number of likely N-dealkylation sites (N-methyl/N-ethyl adjacent to an activating group) is 1. The van der Waals surface area contributed by atoms with E-state index in [4.69, 9.17) is 4.99 Å². The molecule has 0 radical (unpaired) electrons. The Bertz CT molecular complexity index is 862. The van der Waals surface area contributed by atoms with Crippen molar-refractivity contribution in [1.29, 1.82) is 0 Å². The van der Waals surface area contributed by atoms with Gasteiger partial charge in [-0.3, -0.25) is 9.67 Å². The summed E-state index contributed by atoms with van der Waals surface area (Å²) in [6, 6.07) is 9.15. The fraction of sp³-hybridized carbons (Fsp3) is 0.565. The van der Waals surface area contributed by atoms with E-state index in [1.165, 1.54) is 42.5 Å². The van der Waals surface area contributed by atoms with Gasteiger partial charge in [0.25, 0.3) is 0 Å². The predicted octanol–water partition coefficient (Wildman–Crippen LogP) is 3.32. The van der Waals surface area contributed by atoms with Crippen molar-refractivity contribution in [2.24, 2.45) is 12.0 Å². The van der Waals surface area contributed by atoms with Gasteiger partial charge in [-0.25, -0.2) is 0 Å². The number of hydrogen-bond donors (Lipinski definition) is 1. The highest BCUT2D eigenvalue weighted by Crippen LogP contribution is 2.50. The number of aryl methyl sites for hydroxylation is 1. The SMILES string of the molecule is CCNC(=NCC(c1cnn(C)c1)N(C)C)N1CC2(CCCC2)c2ccccc21. The molecular weight excluding hydrogens is 360 g/mol. The first-order chi connectivity index (χ1) is 14.0. The van der Waals surface area contributed by atoms with Crippen LogP contribution < -0.4 is 10.2 Å². The molecular formula is C23H34N6. The Balaban J connectivity index is 1.63. The Hall–Kier alpha value is -2.34. The Morgan fingerprint density at radius 1 is 1.28 bits per heavy atom. The molecule has 0 bridgehead atoms. The van der Waals surface area contributed by atoms with E-state index in [0.29, 0.717) is 12.0 Å². The molecule has 1 unspecified atom stereocenters. The maximum Gasteiger partial charge on any atom is 0.198 e. The maximum absolute atomic E-state index is 5.11. The first-order valence-electron chi connectivity index (χ1n) is 10.8. The smallest absolute Gasteiger partial charge is 0.198 e. The van der Waals surface area contributed by atoms with Crippen LogP contribution in [0.1, 0.15) is 49.8 Å². The second kappa shape index (κ2) is 8.19. The molecule has 6 nitrogen and oxygen atoms in total. The van der Waals surface area contributed by atoms with Crippen LogP contribution in [0, 0.1) is 0 Å². The van der Waals surface area contributed by atoms with Crippen molar-refractivity contribution in [2.45, 2.75) is 44.1 Å². The van der Waals surface area contributed by atoms with Gasteiger partial charge in [-0.1, -0.05) is 31.0 Å². The molecule has 2 heterocycles. The number of para-hydroxylation sites is 1. The van der Waals surface area contributed by atoms with Crippen molar-refractivity contribution >= 4 is 11.6 Å². The summed E-state index contributed by atoms with van der Waals surface area (Å²) in [5, 5.41) is 7.91. The highest BCUT2D eigenvalue weighted by molar-refractivity contribution is 5.98. The van der Waals surface area contributed by atoms with Gasteiger partial charge in [-0.05, 0) is 45.5 Å². The molecule has 1 aromatic carbocycles. The van der Waals surface area contributed by atoms with Crippen LogP contribution >= 0.6 is 0 Å². The van der Waals surface area contributed by atoms with Crippen LogP contribution in [-0.4, -0.2) is 54.4 Å². The summed E-state index contributed by atoms with van der Waals surface area (Å²) < 4.78 is 1.86. The van der Waals surface area contributed by atoms with E-state index in [1.807, 2.05) is 17.9 Å². The van der Waals surface area contributed by atoms with Crippen LogP contribution in [0.2, 0.25) is 0 Å². The molecule has 0 amide bonds. The average molecular weight is 395 g/mol. The van der Waals surface area contributed by atoms with Crippen molar-refractivity contribution < 1.29 is 0 Å². The highest BCUT2D eigenvalue weighted by atomic mass is 15.3. The highest BCUT2D eigenvalue weighted by Gasteiger charge is 2.45. The quantitative estimate of drug-likeness (QED) is 0.624. The number of nitrogens with one attached hydrogen (secondary N) is 1. The van der Waals surface area contributed by atoms with E-state index in [2.05, 4.69) is 71.7 Å². The molecule has 1 N–H and O–H groups in total. The predicted molar refractivity (Wildman–Crippen MR) is 120 cm³/mol. The Kier molecular flexibility index (Phi) is 5.63. The first kappa shape index (κ1) is 20.0. The topological polar surface area (TPSA) is 48.7 Å². The number of aromatic nitrogens is 2. The van der Waals surface area contributed by atoms with Crippen molar-refractivity contribution in [3.05, 3.63) is 47.8 Å². The monoisotopic (exact) mass is 394 g/mol. The van der Waals surface area contributed by atoms with Crippen molar-refractivity contribution in [2.75, 3.05) is 38.6 Å². The molecule has 1 aliphatic carbocycles. The maximum atomic E-state index is 5.11. The van der Waals surface area contributed by atoms with Crippen LogP contribution in [0.3, 0.4) is 0 Å². The molecule has 1 fully saturated rings. The molecule has 4 rings (SSSR count). The average Bonchev–Trinajstić information content (AvgIpc) is 3.42. The summed E-state index contributed by atoms with van der Waals surface area (Å²) in [6.07, 6.45) is 9.28. The zero-order chi connectivity index (χ0) is 20.4. The van der Waals surface area contributed by atoms with Gasteiger partial charge >= 0.3 is 0 Å². The Morgan fingerprint density at radius 3 is 2.69 bits per heavy atom. The van der Waals surface area contributed by atoms with Gasteiger partial charge in [0.1, 0.15) is 0 Å². The van der Waals surface area contributed by atoms with E-state index in [9.17, 15) is 0 Å². The summed E-state index contributed by atoms with van der Waals surface area (Å²) in [5.41, 5.74) is 4.35. The van der Waals surface area contributed by atoms with Gasteiger partial charge in [0, 0.05) is 43.0 Å². The largest absolute Gasteiger partial charge is 0.356 e. The minimum absolute atomic E-state index is 0.204. The van der Waals surface area contributed by atoms with Crippen molar-refractivity contribution in [3.8, 4) is 0 Å². The van der Waals surface area contributed by atoms with Gasteiger partial charge in [0.05, 0.1) is 18.8 Å². The lowest BCUT2D eigenvalue weighted by Gasteiger charge is -2.28. The van der Waals surface area contributed by atoms with Crippen LogP contribution in [0.15, 0.2) is 41.7 Å². The molecule has 2 aromatic rings. The normalized spacial score (nSPS) is 19.2. The second-order valence-electron chi connectivity index (χ2n) is 8.71. The number of nitrogens with zero attached hydrogens (tertiary/aromatic N) is 5. The Labute approximate surface area is 174 Å². The third-order valence-electron chi connectivity index (χ3n) is 6.53. The molecule has 2 aliphatic rings. The third-order valence-corrected chi connectivity index (χ3v) is 6.53. The fourth-order valence-electron chi connectivity index (χ4n) is 5.05. The van der Waals surface area contributed by atoms with Gasteiger partial charge in [-0.2, -0.15) is 5.10 Å². The third kappa shape index (κ3) is 3.78. The zero-order valence-electron chi connectivity index (χ0n) is 18.2. The summed E-state index contributed by atoms with van der Waals surface area (Å²) in [7, 11) is 6.18. The van der Waals surface area contributed by atoms with Gasteiger partial charge in [0.2, 0.25) is 0 Å². The molecule has 1 aromatic heterocycles. The lowest BCUT2D eigenvalue weighted by molar-refractivity contribution is 0.306. The van der Waals surface area contributed by atoms with Crippen LogP contribution in [-0.2, 0) is 12.5 Å². The lowest BCUT2D eigenvalue weighted by atomic mass is 9.81. The van der Waals surface area contributed by atoms with Gasteiger partial charge < -0.3 is 15.1 Å². The number of anilines is 1. The van der Waals surface area contributed by atoms with Crippen molar-refractivity contribution in [1.82, 2.24) is 20.0 Å². The number of fused-ring (bicyclic) bond motifs is 2. The molecule has 0 saturated heterocycles. The number of aliphatic imine (C=N–C) groups is 1. The molecule has 156 valence electrons. The summed E-state index contributed by atoms with van der Waals surface area (Å²) in [5.74, 6) is 1.000. The van der Waals surface area contributed by atoms with E-state index >= 15 is 0 Å². The molecule has 29 heavy (non-hydrogen) atoms. The minimum Gasteiger partial charge on any atom is -0.356 e. The van der Waals surface area contributed by atoms with Gasteiger partial charge in [-0.15, -0.1) is 0 Å². The molecule has 1 atom stereocenters. The van der Waals surface area contributed by atoms with E-state index in [-0.39, 0.29) is 6.04 Å². The fourth-order valence-corrected chi connectivity index (χ4v) is 5.05. The van der Waals surface area contributed by atoms with E-state index in [0.717, 1.165) is 19.0 Å². The molecule has 6 heteroatoms. The number of hydrogen-bond acceptors (Lipinski definition) is 3. The number of rotatable bonds is 5. The Morgan fingerprint density at radius 2 is 2.03 bits per heavy atom. The summed E-state index contributed by atoms with van der Waals surface area (Å²) >= 11 is 0. The lowest BCUT2D eigenvalue weighted by Crippen LogP contribution is -2.44. The number of guanidine groups is 1. The first-order valence-corrected chi connectivity index (χ1v) is 10.8. The van der Waals surface area contributed by atoms with Crippen LogP contribution in [0.25, 0.3) is 0 Å². The van der Waals surface area contributed by atoms with E-state index < -0.39 is 0 Å². The summed E-state index contributed by atoms with van der Waals surface area (Å²) in [4.78, 5) is 9.76. The molecule has 1 aliphatic heterocycles. The van der Waals surface area contributed by atoms with Crippen LogP contribution in [0.4, 0.5) is 5.69 Å². The molecule has 1 spiro atoms. The standard InChI is InChI=1S/C23H34N6/c1-5-24-22(25-15-21(27(2)3)18-14-26-28(4)16-18)29-17-23(12-8-9-13-23)19-10-6-7-11-20(19)29/h6-7,10-11,14,16,21H,5,8-9,12-13,15,17H2,1-4H3,(H,24,25). The summed E-state index contributed by atoms with van der Waals surface area (Å²) in [6.45, 7) is 4.75. The minimum atomic E-state index is 0.204. The van der Waals surface area contributed by atoms with Crippen molar-refractivity contribution in [3.63, 3.8) is 0 Å². The molecule has 1 saturated carbocycles.